The number of aromatic nitrogens is 1. The fourth-order valence-electron chi connectivity index (χ4n) is 2.36. The Hall–Kier alpha value is -2.43. The number of amides is 1. The number of carbonyl (C=O) groups is 1. The van der Waals surface area contributed by atoms with Crippen molar-refractivity contribution < 1.29 is 17.7 Å². The zero-order valence-electron chi connectivity index (χ0n) is 15.6. The lowest BCUT2D eigenvalue weighted by molar-refractivity contribution is -0.115. The first-order chi connectivity index (χ1) is 13.8. The van der Waals surface area contributed by atoms with Gasteiger partial charge in [0.25, 0.3) is 10.0 Å². The molecule has 29 heavy (non-hydrogen) atoms. The summed E-state index contributed by atoms with van der Waals surface area (Å²) in [5, 5.41) is 6.62. The SMILES string of the molecule is CCC(=O)Nc1c(C)noc1/C=C/c1ccc(S(=O)(=O)Nc2cccc(Br)c2)s1. The molecular weight excluding hydrogens is 478 g/mol. The average Bonchev–Trinajstić information content (AvgIpc) is 3.28. The number of nitrogens with zero attached hydrogens (tertiary/aromatic N) is 1. The van der Waals surface area contributed by atoms with Crippen LogP contribution in [0.2, 0.25) is 0 Å². The minimum absolute atomic E-state index is 0.144. The Bertz CT molecular complexity index is 1170. The van der Waals surface area contributed by atoms with Crippen molar-refractivity contribution in [2.24, 2.45) is 0 Å². The van der Waals surface area contributed by atoms with Gasteiger partial charge in [-0.25, -0.2) is 8.42 Å². The van der Waals surface area contributed by atoms with E-state index in [0.717, 1.165) is 15.8 Å². The topological polar surface area (TPSA) is 101 Å². The highest BCUT2D eigenvalue weighted by Crippen LogP contribution is 2.28. The third-order valence-corrected chi connectivity index (χ3v) is 7.23. The number of anilines is 2. The lowest BCUT2D eigenvalue weighted by Gasteiger charge is -2.06. The number of hydrogen-bond acceptors (Lipinski definition) is 6. The fraction of sp³-hybridized carbons (Fsp3) is 0.158. The van der Waals surface area contributed by atoms with Gasteiger partial charge >= 0.3 is 0 Å². The van der Waals surface area contributed by atoms with E-state index in [1.807, 2.05) is 6.07 Å². The number of thiophene rings is 1. The number of rotatable bonds is 7. The number of sulfonamides is 1. The van der Waals surface area contributed by atoms with Crippen LogP contribution >= 0.6 is 27.3 Å². The molecule has 2 N–H and O–H groups in total. The van der Waals surface area contributed by atoms with Gasteiger partial charge in [-0.2, -0.15) is 0 Å². The summed E-state index contributed by atoms with van der Waals surface area (Å²) in [4.78, 5) is 12.4. The molecule has 7 nitrogen and oxygen atoms in total. The van der Waals surface area contributed by atoms with Crippen LogP contribution in [-0.4, -0.2) is 19.5 Å². The van der Waals surface area contributed by atoms with Crippen molar-refractivity contribution in [1.82, 2.24) is 5.16 Å². The summed E-state index contributed by atoms with van der Waals surface area (Å²) in [6.07, 6.45) is 3.70. The molecule has 0 aliphatic heterocycles. The Morgan fingerprint density at radius 2 is 2.07 bits per heavy atom. The Labute approximate surface area is 181 Å². The van der Waals surface area contributed by atoms with Crippen LogP contribution in [0, 0.1) is 6.92 Å². The van der Waals surface area contributed by atoms with E-state index >= 15 is 0 Å². The maximum atomic E-state index is 12.6. The van der Waals surface area contributed by atoms with E-state index in [0.29, 0.717) is 34.1 Å². The van der Waals surface area contributed by atoms with Crippen LogP contribution in [0.1, 0.15) is 29.7 Å². The smallest absolute Gasteiger partial charge is 0.271 e. The summed E-state index contributed by atoms with van der Waals surface area (Å²) in [5.41, 5.74) is 1.55. The molecule has 0 unspecified atom stereocenters. The molecule has 0 atom stereocenters. The van der Waals surface area contributed by atoms with Crippen LogP contribution in [0.3, 0.4) is 0 Å². The lowest BCUT2D eigenvalue weighted by Crippen LogP contribution is -2.11. The van der Waals surface area contributed by atoms with Gasteiger partial charge in [-0.15, -0.1) is 11.3 Å². The van der Waals surface area contributed by atoms with Gasteiger partial charge in [0, 0.05) is 21.5 Å². The second-order valence-corrected chi connectivity index (χ2v) is 9.96. The minimum Gasteiger partial charge on any atom is -0.354 e. The van der Waals surface area contributed by atoms with Gasteiger partial charge in [-0.05, 0) is 49.4 Å². The van der Waals surface area contributed by atoms with Gasteiger partial charge in [-0.3, -0.25) is 9.52 Å². The number of aryl methyl sites for hydroxylation is 1. The van der Waals surface area contributed by atoms with Gasteiger partial charge in [0.2, 0.25) is 5.91 Å². The standard InChI is InChI=1S/C19H18BrN3O4S2/c1-3-17(24)21-19-12(2)22-27-16(19)9-7-15-8-10-18(28-15)29(25,26)23-14-6-4-5-13(20)11-14/h4-11,23H,3H2,1-2H3,(H,21,24)/b9-7+. The molecule has 0 saturated heterocycles. The van der Waals surface area contributed by atoms with Crippen molar-refractivity contribution in [3.63, 3.8) is 0 Å². The summed E-state index contributed by atoms with van der Waals surface area (Å²) in [7, 11) is -3.69. The van der Waals surface area contributed by atoms with E-state index in [1.165, 1.54) is 6.07 Å². The molecule has 1 amide bonds. The van der Waals surface area contributed by atoms with Gasteiger partial charge in [0.05, 0.1) is 0 Å². The van der Waals surface area contributed by atoms with Crippen molar-refractivity contribution in [1.29, 1.82) is 0 Å². The van der Waals surface area contributed by atoms with Gasteiger partial charge in [0.15, 0.2) is 5.76 Å². The molecule has 2 aromatic heterocycles. The predicted molar refractivity (Wildman–Crippen MR) is 118 cm³/mol. The normalized spacial score (nSPS) is 11.7. The van der Waals surface area contributed by atoms with Crippen LogP contribution in [0.15, 0.2) is 49.6 Å². The Morgan fingerprint density at radius 1 is 1.28 bits per heavy atom. The summed E-state index contributed by atoms with van der Waals surface area (Å²) < 4.78 is 34.0. The van der Waals surface area contributed by atoms with Gasteiger partial charge in [-0.1, -0.05) is 34.1 Å². The molecule has 3 rings (SSSR count). The van der Waals surface area contributed by atoms with Crippen LogP contribution < -0.4 is 10.0 Å². The quantitative estimate of drug-likeness (QED) is 0.473. The van der Waals surface area contributed by atoms with Crippen LogP contribution in [0.4, 0.5) is 11.4 Å². The molecule has 1 aromatic carbocycles. The molecule has 152 valence electrons. The molecular formula is C19H18BrN3O4S2. The largest absolute Gasteiger partial charge is 0.354 e. The van der Waals surface area contributed by atoms with E-state index in [4.69, 9.17) is 4.52 Å². The Balaban J connectivity index is 1.78. The highest BCUT2D eigenvalue weighted by Gasteiger charge is 2.17. The van der Waals surface area contributed by atoms with Crippen LogP contribution in [0.25, 0.3) is 12.2 Å². The number of carbonyl (C=O) groups excluding carboxylic acids is 1. The number of hydrogen-bond donors (Lipinski definition) is 2. The zero-order valence-corrected chi connectivity index (χ0v) is 18.8. The number of benzene rings is 1. The summed E-state index contributed by atoms with van der Waals surface area (Å²) in [6, 6.07) is 10.2. The van der Waals surface area contributed by atoms with Crippen molar-refractivity contribution in [2.45, 2.75) is 24.5 Å². The summed E-state index contributed by atoms with van der Waals surface area (Å²) in [6.45, 7) is 3.49. The Morgan fingerprint density at radius 3 is 2.79 bits per heavy atom. The predicted octanol–water partition coefficient (Wildman–Crippen LogP) is 5.13. The van der Waals surface area contributed by atoms with Crippen molar-refractivity contribution in [3.8, 4) is 0 Å². The van der Waals surface area contributed by atoms with Crippen molar-refractivity contribution >= 4 is 66.7 Å². The molecule has 2 heterocycles. The second-order valence-electron chi connectivity index (χ2n) is 6.01. The number of halogens is 1. The maximum absolute atomic E-state index is 12.6. The van der Waals surface area contributed by atoms with Gasteiger partial charge in [0.1, 0.15) is 15.6 Å². The third kappa shape index (κ3) is 5.34. The molecule has 0 saturated carbocycles. The molecule has 0 fully saturated rings. The molecule has 0 radical (unpaired) electrons. The average molecular weight is 496 g/mol. The van der Waals surface area contributed by atoms with Crippen molar-refractivity contribution in [3.05, 3.63) is 57.2 Å². The van der Waals surface area contributed by atoms with Crippen LogP contribution in [0.5, 0.6) is 0 Å². The molecule has 0 aliphatic carbocycles. The minimum atomic E-state index is -3.69. The van der Waals surface area contributed by atoms with E-state index < -0.39 is 10.0 Å². The molecule has 0 aliphatic rings. The second kappa shape index (κ2) is 8.93. The van der Waals surface area contributed by atoms with Gasteiger partial charge < -0.3 is 9.84 Å². The monoisotopic (exact) mass is 495 g/mol. The molecule has 10 heteroatoms. The first-order valence-electron chi connectivity index (χ1n) is 8.61. The molecule has 0 bridgehead atoms. The van der Waals surface area contributed by atoms with Crippen LogP contribution in [-0.2, 0) is 14.8 Å². The highest BCUT2D eigenvalue weighted by molar-refractivity contribution is 9.10. The van der Waals surface area contributed by atoms with E-state index in [9.17, 15) is 13.2 Å². The first-order valence-corrected chi connectivity index (χ1v) is 11.7. The highest BCUT2D eigenvalue weighted by atomic mass is 79.9. The zero-order chi connectivity index (χ0) is 21.0. The fourth-order valence-corrected chi connectivity index (χ4v) is 5.04. The Kier molecular flexibility index (Phi) is 6.56. The summed E-state index contributed by atoms with van der Waals surface area (Å²) in [5.74, 6) is 0.253. The van der Waals surface area contributed by atoms with E-state index in [-0.39, 0.29) is 10.1 Å². The molecule has 3 aromatic rings. The lowest BCUT2D eigenvalue weighted by atomic mass is 10.2. The summed E-state index contributed by atoms with van der Waals surface area (Å²) >= 11 is 4.43. The third-order valence-electron chi connectivity index (χ3n) is 3.82. The van der Waals surface area contributed by atoms with E-state index in [2.05, 4.69) is 31.1 Å². The first kappa shape index (κ1) is 21.3. The number of nitrogens with one attached hydrogen (secondary N) is 2. The van der Waals surface area contributed by atoms with Crippen molar-refractivity contribution in [2.75, 3.05) is 10.0 Å². The maximum Gasteiger partial charge on any atom is 0.271 e. The molecule has 0 spiro atoms. The van der Waals surface area contributed by atoms with E-state index in [1.54, 1.807) is 50.3 Å².